The molecule has 0 amide bonds. The van der Waals surface area contributed by atoms with Crippen molar-refractivity contribution in [2.24, 2.45) is 5.73 Å². The minimum atomic E-state index is -0.138. The molecule has 1 heterocycles. The molecule has 90 valence electrons. The average molecular weight is 229 g/mol. The molecule has 2 N–H and O–H groups in total. The first-order valence-corrected chi connectivity index (χ1v) is 6.12. The van der Waals surface area contributed by atoms with Gasteiger partial charge in [-0.2, -0.15) is 0 Å². The number of rotatable bonds is 4. The van der Waals surface area contributed by atoms with Gasteiger partial charge in [0.05, 0.1) is 6.04 Å². The Labute approximate surface area is 102 Å². The third-order valence-corrected chi connectivity index (χ3v) is 3.14. The Bertz CT molecular complexity index is 488. The number of hydrogen-bond acceptors (Lipinski definition) is 2. The SMILES string of the molecule is CCc1ccccc1C(N)c1nccn1CC. The predicted octanol–water partition coefficient (Wildman–Crippen LogP) is 2.51. The third kappa shape index (κ3) is 2.24. The van der Waals surface area contributed by atoms with E-state index in [4.69, 9.17) is 5.73 Å². The first kappa shape index (κ1) is 11.9. The summed E-state index contributed by atoms with van der Waals surface area (Å²) in [4.78, 5) is 4.38. The van der Waals surface area contributed by atoms with Crippen molar-refractivity contribution in [3.05, 3.63) is 53.6 Å². The summed E-state index contributed by atoms with van der Waals surface area (Å²) in [6.07, 6.45) is 4.79. The molecule has 1 unspecified atom stereocenters. The minimum absolute atomic E-state index is 0.138. The molecule has 0 aliphatic heterocycles. The highest BCUT2D eigenvalue weighted by molar-refractivity contribution is 5.33. The van der Waals surface area contributed by atoms with E-state index in [1.807, 2.05) is 18.5 Å². The van der Waals surface area contributed by atoms with Gasteiger partial charge in [-0.25, -0.2) is 4.98 Å². The standard InChI is InChI=1S/C14H19N3/c1-3-11-7-5-6-8-12(11)13(15)14-16-9-10-17(14)4-2/h5-10,13H,3-4,15H2,1-2H3. The number of nitrogens with zero attached hydrogens (tertiary/aromatic N) is 2. The van der Waals surface area contributed by atoms with Crippen LogP contribution in [0.3, 0.4) is 0 Å². The monoisotopic (exact) mass is 229 g/mol. The van der Waals surface area contributed by atoms with Gasteiger partial charge >= 0.3 is 0 Å². The maximum absolute atomic E-state index is 6.33. The van der Waals surface area contributed by atoms with Crippen LogP contribution in [0.2, 0.25) is 0 Å². The number of nitrogens with two attached hydrogens (primary N) is 1. The van der Waals surface area contributed by atoms with Crippen LogP contribution in [0.5, 0.6) is 0 Å². The van der Waals surface area contributed by atoms with Gasteiger partial charge in [0.1, 0.15) is 5.82 Å². The summed E-state index contributed by atoms with van der Waals surface area (Å²) >= 11 is 0. The quantitative estimate of drug-likeness (QED) is 0.875. The molecule has 0 aliphatic carbocycles. The van der Waals surface area contributed by atoms with Crippen molar-refractivity contribution < 1.29 is 0 Å². The van der Waals surface area contributed by atoms with Crippen LogP contribution in [0.25, 0.3) is 0 Å². The zero-order valence-corrected chi connectivity index (χ0v) is 10.4. The molecule has 0 saturated carbocycles. The van der Waals surface area contributed by atoms with Crippen LogP contribution >= 0.6 is 0 Å². The first-order valence-electron chi connectivity index (χ1n) is 6.12. The summed E-state index contributed by atoms with van der Waals surface area (Å²) in [5.74, 6) is 0.938. The van der Waals surface area contributed by atoms with Crippen LogP contribution in [0, 0.1) is 0 Å². The molecule has 0 bridgehead atoms. The minimum Gasteiger partial charge on any atom is -0.334 e. The van der Waals surface area contributed by atoms with Crippen LogP contribution in [0.15, 0.2) is 36.7 Å². The molecule has 0 radical (unpaired) electrons. The van der Waals surface area contributed by atoms with Crippen molar-refractivity contribution >= 4 is 0 Å². The maximum atomic E-state index is 6.33. The molecular weight excluding hydrogens is 210 g/mol. The maximum Gasteiger partial charge on any atom is 0.130 e. The van der Waals surface area contributed by atoms with E-state index in [1.165, 1.54) is 11.1 Å². The van der Waals surface area contributed by atoms with Gasteiger partial charge in [0.2, 0.25) is 0 Å². The topological polar surface area (TPSA) is 43.8 Å². The first-order chi connectivity index (χ1) is 8.27. The van der Waals surface area contributed by atoms with Gasteiger partial charge in [0.25, 0.3) is 0 Å². The lowest BCUT2D eigenvalue weighted by molar-refractivity contribution is 0.653. The van der Waals surface area contributed by atoms with E-state index in [-0.39, 0.29) is 6.04 Å². The van der Waals surface area contributed by atoms with Gasteiger partial charge in [0, 0.05) is 18.9 Å². The lowest BCUT2D eigenvalue weighted by Gasteiger charge is -2.16. The van der Waals surface area contributed by atoms with E-state index in [0.29, 0.717) is 0 Å². The number of aryl methyl sites for hydroxylation is 2. The lowest BCUT2D eigenvalue weighted by atomic mass is 9.98. The fraction of sp³-hybridized carbons (Fsp3) is 0.357. The molecule has 3 heteroatoms. The molecule has 1 aromatic carbocycles. The Morgan fingerprint density at radius 2 is 2.06 bits per heavy atom. The van der Waals surface area contributed by atoms with Gasteiger partial charge < -0.3 is 10.3 Å². The number of benzene rings is 1. The van der Waals surface area contributed by atoms with E-state index in [2.05, 4.69) is 41.6 Å². The Kier molecular flexibility index (Phi) is 3.59. The molecule has 1 atom stereocenters. The van der Waals surface area contributed by atoms with Crippen LogP contribution in [-0.4, -0.2) is 9.55 Å². The second-order valence-corrected chi connectivity index (χ2v) is 4.10. The Balaban J connectivity index is 2.40. The highest BCUT2D eigenvalue weighted by Crippen LogP contribution is 2.22. The van der Waals surface area contributed by atoms with Crippen molar-refractivity contribution in [1.82, 2.24) is 9.55 Å². The van der Waals surface area contributed by atoms with E-state index in [0.717, 1.165) is 18.8 Å². The normalized spacial score (nSPS) is 12.6. The fourth-order valence-corrected chi connectivity index (χ4v) is 2.17. The molecule has 0 saturated heterocycles. The van der Waals surface area contributed by atoms with E-state index in [9.17, 15) is 0 Å². The van der Waals surface area contributed by atoms with Gasteiger partial charge in [-0.05, 0) is 24.5 Å². The summed E-state index contributed by atoms with van der Waals surface area (Å²) in [6.45, 7) is 5.15. The zero-order chi connectivity index (χ0) is 12.3. The number of imidazole rings is 1. The summed E-state index contributed by atoms with van der Waals surface area (Å²) < 4.78 is 2.09. The van der Waals surface area contributed by atoms with Gasteiger partial charge in [0.15, 0.2) is 0 Å². The molecule has 1 aromatic heterocycles. The predicted molar refractivity (Wildman–Crippen MR) is 69.8 cm³/mol. The van der Waals surface area contributed by atoms with E-state index < -0.39 is 0 Å². The molecule has 0 aliphatic rings. The molecule has 0 spiro atoms. The van der Waals surface area contributed by atoms with Crippen LogP contribution < -0.4 is 5.73 Å². The van der Waals surface area contributed by atoms with Gasteiger partial charge in [-0.1, -0.05) is 31.2 Å². The van der Waals surface area contributed by atoms with Gasteiger partial charge in [-0.15, -0.1) is 0 Å². The van der Waals surface area contributed by atoms with Gasteiger partial charge in [-0.3, -0.25) is 0 Å². The average Bonchev–Trinajstić information content (AvgIpc) is 2.86. The smallest absolute Gasteiger partial charge is 0.130 e. The lowest BCUT2D eigenvalue weighted by Crippen LogP contribution is -2.18. The zero-order valence-electron chi connectivity index (χ0n) is 10.4. The molecule has 3 nitrogen and oxygen atoms in total. The Hall–Kier alpha value is -1.61. The molecule has 0 fully saturated rings. The van der Waals surface area contributed by atoms with Crippen molar-refractivity contribution in [3.8, 4) is 0 Å². The fourth-order valence-electron chi connectivity index (χ4n) is 2.17. The van der Waals surface area contributed by atoms with E-state index in [1.54, 1.807) is 0 Å². The van der Waals surface area contributed by atoms with E-state index >= 15 is 0 Å². The van der Waals surface area contributed by atoms with Crippen molar-refractivity contribution in [2.75, 3.05) is 0 Å². The largest absolute Gasteiger partial charge is 0.334 e. The summed E-state index contributed by atoms with van der Waals surface area (Å²) in [7, 11) is 0. The Morgan fingerprint density at radius 1 is 1.29 bits per heavy atom. The highest BCUT2D eigenvalue weighted by atomic mass is 15.1. The Morgan fingerprint density at radius 3 is 2.76 bits per heavy atom. The summed E-state index contributed by atoms with van der Waals surface area (Å²) in [6, 6.07) is 8.18. The number of hydrogen-bond donors (Lipinski definition) is 1. The second-order valence-electron chi connectivity index (χ2n) is 4.10. The van der Waals surface area contributed by atoms with Crippen LogP contribution in [0.4, 0.5) is 0 Å². The molecule has 2 aromatic rings. The highest BCUT2D eigenvalue weighted by Gasteiger charge is 2.16. The second kappa shape index (κ2) is 5.15. The number of aromatic nitrogens is 2. The summed E-state index contributed by atoms with van der Waals surface area (Å²) in [5.41, 5.74) is 8.80. The molecular formula is C14H19N3. The van der Waals surface area contributed by atoms with Crippen molar-refractivity contribution in [1.29, 1.82) is 0 Å². The summed E-state index contributed by atoms with van der Waals surface area (Å²) in [5, 5.41) is 0. The molecule has 17 heavy (non-hydrogen) atoms. The molecule has 2 rings (SSSR count). The van der Waals surface area contributed by atoms with Crippen molar-refractivity contribution in [3.63, 3.8) is 0 Å². The third-order valence-electron chi connectivity index (χ3n) is 3.14. The van der Waals surface area contributed by atoms with Crippen molar-refractivity contribution in [2.45, 2.75) is 32.9 Å². The van der Waals surface area contributed by atoms with Crippen LogP contribution in [-0.2, 0) is 13.0 Å². The van der Waals surface area contributed by atoms with Crippen LogP contribution in [0.1, 0.15) is 36.8 Å².